The molecule has 0 radical (unpaired) electrons. The van der Waals surface area contributed by atoms with Crippen molar-refractivity contribution in [3.05, 3.63) is 48.6 Å². The fourth-order valence-corrected chi connectivity index (χ4v) is 7.27. The number of ether oxygens (including phenoxy) is 2. The van der Waals surface area contributed by atoms with E-state index in [4.69, 9.17) is 18.5 Å². The molecule has 9 nitrogen and oxygen atoms in total. The van der Waals surface area contributed by atoms with Crippen LogP contribution in [0.25, 0.3) is 0 Å². The Morgan fingerprint density at radius 3 is 1.40 bits per heavy atom. The van der Waals surface area contributed by atoms with Gasteiger partial charge >= 0.3 is 11.9 Å². The Morgan fingerprint density at radius 2 is 0.933 bits per heavy atom. The number of carbonyl (C=O) groups is 2. The molecule has 2 atom stereocenters. The second-order valence-corrected chi connectivity index (χ2v) is 18.9. The molecule has 0 aromatic heterocycles. The van der Waals surface area contributed by atoms with E-state index in [1.807, 2.05) is 33.3 Å². The Bertz CT molecular complexity index is 1160. The zero-order valence-electron chi connectivity index (χ0n) is 39.4. The van der Waals surface area contributed by atoms with Gasteiger partial charge in [0.25, 0.3) is 7.82 Å². The molecule has 2 unspecified atom stereocenters. The van der Waals surface area contributed by atoms with E-state index in [2.05, 4.69) is 50.3 Å². The van der Waals surface area contributed by atoms with Crippen LogP contribution in [0.4, 0.5) is 0 Å². The molecule has 0 amide bonds. The van der Waals surface area contributed by atoms with E-state index in [9.17, 15) is 19.0 Å². The first-order valence-electron chi connectivity index (χ1n) is 24.3. The first kappa shape index (κ1) is 58.0. The van der Waals surface area contributed by atoms with Gasteiger partial charge in [-0.1, -0.05) is 197 Å². The monoisotopic (exact) mass is 866 g/mol. The van der Waals surface area contributed by atoms with E-state index in [1.54, 1.807) is 0 Å². The first-order valence-corrected chi connectivity index (χ1v) is 25.8. The molecule has 0 aromatic carbocycles. The smallest absolute Gasteiger partial charge is 0.306 e. The molecule has 0 saturated carbocycles. The Morgan fingerprint density at radius 1 is 0.517 bits per heavy atom. The number of phosphoric acid groups is 1. The quantitative estimate of drug-likeness (QED) is 0.0196. The number of hydrogen-bond donors (Lipinski definition) is 0. The minimum atomic E-state index is -4.65. The summed E-state index contributed by atoms with van der Waals surface area (Å²) in [5.41, 5.74) is 0. The second-order valence-electron chi connectivity index (χ2n) is 17.5. The molecule has 0 rings (SSSR count). The van der Waals surface area contributed by atoms with Crippen LogP contribution in [0.15, 0.2) is 48.6 Å². The van der Waals surface area contributed by atoms with Crippen LogP contribution >= 0.6 is 7.82 Å². The lowest BCUT2D eigenvalue weighted by molar-refractivity contribution is -0.870. The topological polar surface area (TPSA) is 111 Å². The van der Waals surface area contributed by atoms with E-state index < -0.39 is 32.5 Å². The molecule has 350 valence electrons. The molecule has 0 saturated heterocycles. The molecule has 60 heavy (non-hydrogen) atoms. The number of hydrogen-bond acceptors (Lipinski definition) is 8. The molecule has 0 aliphatic rings. The maximum absolute atomic E-state index is 12.7. The number of quaternary nitrogens is 1. The van der Waals surface area contributed by atoms with Gasteiger partial charge in [-0.25, -0.2) is 0 Å². The van der Waals surface area contributed by atoms with Gasteiger partial charge in [0, 0.05) is 12.8 Å². The summed E-state index contributed by atoms with van der Waals surface area (Å²) in [4.78, 5) is 37.6. The van der Waals surface area contributed by atoms with Crippen LogP contribution in [0.3, 0.4) is 0 Å². The van der Waals surface area contributed by atoms with Crippen LogP contribution in [0.5, 0.6) is 0 Å². The number of rotatable bonds is 44. The van der Waals surface area contributed by atoms with Gasteiger partial charge in [-0.3, -0.25) is 14.2 Å². The van der Waals surface area contributed by atoms with Crippen molar-refractivity contribution in [2.75, 3.05) is 47.5 Å². The summed E-state index contributed by atoms with van der Waals surface area (Å²) < 4.78 is 33.9. The van der Waals surface area contributed by atoms with Gasteiger partial charge in [-0.2, -0.15) is 0 Å². The third-order valence-electron chi connectivity index (χ3n) is 10.4. The summed E-state index contributed by atoms with van der Waals surface area (Å²) in [6, 6.07) is 0. The average Bonchev–Trinajstić information content (AvgIpc) is 3.20. The third kappa shape index (κ3) is 45.5. The summed E-state index contributed by atoms with van der Waals surface area (Å²) in [6.07, 6.45) is 50.1. The minimum absolute atomic E-state index is 0.0434. The maximum atomic E-state index is 12.7. The molecule has 0 aliphatic carbocycles. The van der Waals surface area contributed by atoms with E-state index in [1.165, 1.54) is 135 Å². The van der Waals surface area contributed by atoms with Gasteiger partial charge in [0.05, 0.1) is 27.7 Å². The fourth-order valence-electron chi connectivity index (χ4n) is 6.54. The van der Waals surface area contributed by atoms with Crippen molar-refractivity contribution in [2.45, 2.75) is 213 Å². The fraction of sp³-hybridized carbons (Fsp3) is 0.800. The van der Waals surface area contributed by atoms with Gasteiger partial charge in [-0.05, 0) is 44.9 Å². The summed E-state index contributed by atoms with van der Waals surface area (Å²) in [5, 5.41) is 0. The SMILES string of the molecule is CCCCCC/C=C\C/C=C\C/C=C\C/C=C\CCC(=O)OC(COC(=O)CCCCCCCCCCCCCCCCCCCCC)COP(=O)([O-])OCC[N+](C)(C)C. The molecule has 10 heteroatoms. The lowest BCUT2D eigenvalue weighted by Gasteiger charge is -2.28. The molecule has 0 bridgehead atoms. The van der Waals surface area contributed by atoms with E-state index in [0.29, 0.717) is 17.4 Å². The van der Waals surface area contributed by atoms with Gasteiger partial charge in [0.1, 0.15) is 19.8 Å². The van der Waals surface area contributed by atoms with Crippen LogP contribution in [0, 0.1) is 0 Å². The van der Waals surface area contributed by atoms with Gasteiger partial charge in [0.15, 0.2) is 6.10 Å². The first-order chi connectivity index (χ1) is 29.0. The maximum Gasteiger partial charge on any atom is 0.306 e. The van der Waals surface area contributed by atoms with E-state index in [0.717, 1.165) is 38.5 Å². The third-order valence-corrected chi connectivity index (χ3v) is 11.3. The predicted octanol–water partition coefficient (Wildman–Crippen LogP) is 13.6. The number of carbonyl (C=O) groups excluding carboxylic acids is 2. The number of phosphoric ester groups is 1. The number of unbranched alkanes of at least 4 members (excludes halogenated alkanes) is 22. The van der Waals surface area contributed by atoms with Crippen LogP contribution in [0.1, 0.15) is 206 Å². The summed E-state index contributed by atoms with van der Waals surface area (Å²) >= 11 is 0. The highest BCUT2D eigenvalue weighted by molar-refractivity contribution is 7.45. The van der Waals surface area contributed by atoms with Crippen molar-refractivity contribution < 1.29 is 42.1 Å². The van der Waals surface area contributed by atoms with Gasteiger partial charge in [-0.15, -0.1) is 0 Å². The molecule has 0 fully saturated rings. The van der Waals surface area contributed by atoms with Crippen LogP contribution < -0.4 is 4.89 Å². The van der Waals surface area contributed by atoms with E-state index in [-0.39, 0.29) is 26.1 Å². The van der Waals surface area contributed by atoms with Crippen molar-refractivity contribution in [1.82, 2.24) is 0 Å². The summed E-state index contributed by atoms with van der Waals surface area (Å²) in [7, 11) is 1.13. The molecule has 0 heterocycles. The normalized spacial score (nSPS) is 13.9. The molecular formula is C50H92NO8P. The minimum Gasteiger partial charge on any atom is -0.756 e. The summed E-state index contributed by atoms with van der Waals surface area (Å²) in [5.74, 6) is -0.922. The highest BCUT2D eigenvalue weighted by atomic mass is 31.2. The average molecular weight is 866 g/mol. The lowest BCUT2D eigenvalue weighted by atomic mass is 10.0. The zero-order chi connectivity index (χ0) is 44.3. The Balaban J connectivity index is 4.37. The van der Waals surface area contributed by atoms with Crippen molar-refractivity contribution in [1.29, 1.82) is 0 Å². The standard InChI is InChI=1S/C50H92NO8P/c1-6-8-10-12-14-16-18-20-22-24-25-27-28-30-32-34-36-38-40-42-49(52)56-46-48(47-58-60(54,55)57-45-44-51(3,4)5)59-50(53)43-41-39-37-35-33-31-29-26-23-21-19-17-15-13-11-9-7-2/h17,19,23,26,31,33,37,39,48H,6-16,18,20-22,24-25,27-30,32,34-36,38,40-47H2,1-5H3/b19-17-,26-23-,33-31-,39-37-. The van der Waals surface area contributed by atoms with Gasteiger partial charge < -0.3 is 27.9 Å². The second kappa shape index (κ2) is 42.3. The van der Waals surface area contributed by atoms with Crippen LogP contribution in [0.2, 0.25) is 0 Å². The van der Waals surface area contributed by atoms with E-state index >= 15 is 0 Å². The zero-order valence-corrected chi connectivity index (χ0v) is 40.3. The molecule has 0 aliphatic heterocycles. The number of likely N-dealkylation sites (N-methyl/N-ethyl adjacent to an activating group) is 1. The highest BCUT2D eigenvalue weighted by Gasteiger charge is 2.21. The van der Waals surface area contributed by atoms with Crippen molar-refractivity contribution in [2.24, 2.45) is 0 Å². The molecule has 0 N–H and O–H groups in total. The number of esters is 2. The van der Waals surface area contributed by atoms with Crippen molar-refractivity contribution in [3.8, 4) is 0 Å². The van der Waals surface area contributed by atoms with Crippen LogP contribution in [-0.2, 0) is 32.7 Å². The van der Waals surface area contributed by atoms with Crippen molar-refractivity contribution >= 4 is 19.8 Å². The largest absolute Gasteiger partial charge is 0.756 e. The highest BCUT2D eigenvalue weighted by Crippen LogP contribution is 2.38. The Hall–Kier alpha value is -2.03. The lowest BCUT2D eigenvalue weighted by Crippen LogP contribution is -2.37. The summed E-state index contributed by atoms with van der Waals surface area (Å²) in [6.45, 7) is 4.15. The molecule has 0 aromatic rings. The van der Waals surface area contributed by atoms with Gasteiger partial charge in [0.2, 0.25) is 0 Å². The molecule has 0 spiro atoms. The van der Waals surface area contributed by atoms with Crippen molar-refractivity contribution in [3.63, 3.8) is 0 Å². The molecular weight excluding hydrogens is 774 g/mol. The Labute approximate surface area is 369 Å². The number of nitrogens with zero attached hydrogens (tertiary/aromatic N) is 1. The number of allylic oxidation sites excluding steroid dienone is 8. The predicted molar refractivity (Wildman–Crippen MR) is 250 cm³/mol. The Kier molecular flexibility index (Phi) is 40.8. The van der Waals surface area contributed by atoms with Crippen LogP contribution in [-0.4, -0.2) is 70.0 Å².